The van der Waals surface area contributed by atoms with Gasteiger partial charge in [0.1, 0.15) is 11.6 Å². The zero-order valence-corrected chi connectivity index (χ0v) is 24.5. The molecule has 1 aliphatic rings. The van der Waals surface area contributed by atoms with Gasteiger partial charge in [-0.15, -0.1) is 10.2 Å². The summed E-state index contributed by atoms with van der Waals surface area (Å²) in [6.45, 7) is 9.77. The third kappa shape index (κ3) is 6.96. The summed E-state index contributed by atoms with van der Waals surface area (Å²) in [6.07, 6.45) is 2.34. The number of hydrogen-bond donors (Lipinski definition) is 1. The van der Waals surface area contributed by atoms with Crippen LogP contribution in [-0.4, -0.2) is 82.0 Å². The van der Waals surface area contributed by atoms with E-state index in [9.17, 15) is 14.0 Å². The van der Waals surface area contributed by atoms with E-state index in [4.69, 9.17) is 4.74 Å². The second-order valence-corrected chi connectivity index (χ2v) is 11.0. The first-order valence-corrected chi connectivity index (χ1v) is 14.9. The first-order chi connectivity index (χ1) is 20.4. The summed E-state index contributed by atoms with van der Waals surface area (Å²) in [6, 6.07) is 14.3. The molecule has 224 valence electrons. The standard InChI is InChI=1S/C31H40FN7O3/c1-23(2)42-22-8-17-38-30(41)24-9-3-5-11-26(24)39-28(34-35-31(38)39)13-14-29(40)33-15-7-16-36-18-20-37(21-19-36)27-12-6-4-10-25(27)32/h3-6,9-12,23H,7-8,13-22H2,1-2H3,(H,33,40). The number of aromatic nitrogens is 4. The van der Waals surface area contributed by atoms with Gasteiger partial charge in [-0.3, -0.25) is 23.5 Å². The maximum Gasteiger partial charge on any atom is 0.262 e. The predicted octanol–water partition coefficient (Wildman–Crippen LogP) is 3.26. The molecule has 4 aromatic rings. The second kappa shape index (κ2) is 13.9. The Morgan fingerprint density at radius 2 is 1.76 bits per heavy atom. The molecule has 0 bridgehead atoms. The summed E-state index contributed by atoms with van der Waals surface area (Å²) in [5.41, 5.74) is 1.30. The van der Waals surface area contributed by atoms with Crippen LogP contribution >= 0.6 is 0 Å². The molecule has 0 aliphatic carbocycles. The minimum Gasteiger partial charge on any atom is -0.379 e. The van der Waals surface area contributed by atoms with Crippen LogP contribution in [0, 0.1) is 5.82 Å². The lowest BCUT2D eigenvalue weighted by atomic mass is 10.2. The Morgan fingerprint density at radius 3 is 2.55 bits per heavy atom. The summed E-state index contributed by atoms with van der Waals surface area (Å²) < 4.78 is 23.3. The van der Waals surface area contributed by atoms with E-state index >= 15 is 0 Å². The van der Waals surface area contributed by atoms with Crippen LogP contribution in [0.25, 0.3) is 16.7 Å². The third-order valence-electron chi connectivity index (χ3n) is 7.67. The van der Waals surface area contributed by atoms with Crippen molar-refractivity contribution in [3.63, 3.8) is 0 Å². The summed E-state index contributed by atoms with van der Waals surface area (Å²) in [5, 5.41) is 12.3. The normalized spacial score (nSPS) is 14.3. The Hall–Kier alpha value is -3.83. The van der Waals surface area contributed by atoms with Crippen molar-refractivity contribution in [3.05, 3.63) is 70.5 Å². The van der Waals surface area contributed by atoms with Gasteiger partial charge in [0, 0.05) is 58.7 Å². The van der Waals surface area contributed by atoms with Crippen molar-refractivity contribution in [3.8, 4) is 0 Å². The number of anilines is 1. The molecule has 1 aliphatic heterocycles. The average molecular weight is 578 g/mol. The van der Waals surface area contributed by atoms with E-state index in [-0.39, 0.29) is 29.8 Å². The molecule has 1 fully saturated rings. The van der Waals surface area contributed by atoms with Gasteiger partial charge < -0.3 is 15.0 Å². The number of piperazine rings is 1. The average Bonchev–Trinajstić information content (AvgIpc) is 3.42. The molecular formula is C31H40FN7O3. The maximum atomic E-state index is 14.1. The summed E-state index contributed by atoms with van der Waals surface area (Å²) in [4.78, 5) is 30.4. The van der Waals surface area contributed by atoms with Crippen LogP contribution in [-0.2, 0) is 22.5 Å². The molecule has 3 heterocycles. The van der Waals surface area contributed by atoms with E-state index in [0.717, 1.165) is 44.7 Å². The van der Waals surface area contributed by atoms with Gasteiger partial charge in [-0.1, -0.05) is 24.3 Å². The van der Waals surface area contributed by atoms with E-state index in [0.29, 0.717) is 55.2 Å². The second-order valence-electron chi connectivity index (χ2n) is 11.0. The highest BCUT2D eigenvalue weighted by atomic mass is 19.1. The van der Waals surface area contributed by atoms with Crippen LogP contribution in [0.15, 0.2) is 53.3 Å². The number of fused-ring (bicyclic) bond motifs is 3. The fraction of sp³-hybridized carbons (Fsp3) is 0.484. The van der Waals surface area contributed by atoms with Gasteiger partial charge >= 0.3 is 0 Å². The molecule has 0 unspecified atom stereocenters. The highest BCUT2D eigenvalue weighted by Crippen LogP contribution is 2.20. The van der Waals surface area contributed by atoms with Gasteiger partial charge in [0.25, 0.3) is 5.56 Å². The lowest BCUT2D eigenvalue weighted by molar-refractivity contribution is -0.121. The zero-order chi connectivity index (χ0) is 29.5. The van der Waals surface area contributed by atoms with Gasteiger partial charge in [-0.05, 0) is 57.5 Å². The molecule has 2 aromatic carbocycles. The number of ether oxygens (including phenoxy) is 1. The van der Waals surface area contributed by atoms with E-state index in [1.807, 2.05) is 54.6 Å². The topological polar surface area (TPSA) is 97.0 Å². The van der Waals surface area contributed by atoms with Crippen LogP contribution < -0.4 is 15.8 Å². The number of benzene rings is 2. The van der Waals surface area contributed by atoms with Gasteiger partial charge in [-0.25, -0.2) is 4.39 Å². The van der Waals surface area contributed by atoms with Crippen LogP contribution in [0.2, 0.25) is 0 Å². The van der Waals surface area contributed by atoms with E-state index < -0.39 is 0 Å². The van der Waals surface area contributed by atoms with Crippen molar-refractivity contribution in [2.45, 2.75) is 52.2 Å². The SMILES string of the molecule is CC(C)OCCCn1c(=O)c2ccccc2n2c(CCC(=O)NCCCN3CCN(c4ccccc4F)CC3)nnc12. The first-order valence-electron chi connectivity index (χ1n) is 14.9. The minimum absolute atomic E-state index is 0.0421. The number of nitrogens with zero attached hydrogens (tertiary/aromatic N) is 6. The molecule has 5 rings (SSSR count). The number of rotatable bonds is 13. The molecule has 11 heteroatoms. The van der Waals surface area contributed by atoms with Crippen molar-refractivity contribution in [1.29, 1.82) is 0 Å². The van der Waals surface area contributed by atoms with Gasteiger partial charge in [0.05, 0.1) is 22.7 Å². The van der Waals surface area contributed by atoms with Crippen molar-refractivity contribution in [2.24, 2.45) is 0 Å². The number of carbonyl (C=O) groups is 1. The van der Waals surface area contributed by atoms with E-state index in [1.165, 1.54) is 6.07 Å². The minimum atomic E-state index is -0.178. The number of halogens is 1. The number of hydrogen-bond acceptors (Lipinski definition) is 7. The molecule has 10 nitrogen and oxygen atoms in total. The van der Waals surface area contributed by atoms with Crippen molar-refractivity contribution < 1.29 is 13.9 Å². The summed E-state index contributed by atoms with van der Waals surface area (Å²) >= 11 is 0. The Bertz CT molecular complexity index is 1560. The van der Waals surface area contributed by atoms with Gasteiger partial charge in [-0.2, -0.15) is 0 Å². The summed E-state index contributed by atoms with van der Waals surface area (Å²) in [5.74, 6) is 0.909. The summed E-state index contributed by atoms with van der Waals surface area (Å²) in [7, 11) is 0. The molecule has 42 heavy (non-hydrogen) atoms. The molecule has 0 saturated carbocycles. The molecule has 0 spiro atoms. The number of amides is 1. The number of carbonyl (C=O) groups excluding carboxylic acids is 1. The smallest absolute Gasteiger partial charge is 0.262 e. The molecule has 1 saturated heterocycles. The Morgan fingerprint density at radius 1 is 1.00 bits per heavy atom. The number of nitrogens with one attached hydrogen (secondary N) is 1. The zero-order valence-electron chi connectivity index (χ0n) is 24.5. The highest BCUT2D eigenvalue weighted by Gasteiger charge is 2.20. The van der Waals surface area contributed by atoms with Gasteiger partial charge in [0.2, 0.25) is 11.7 Å². The highest BCUT2D eigenvalue weighted by molar-refractivity contribution is 5.80. The largest absolute Gasteiger partial charge is 0.379 e. The predicted molar refractivity (Wildman–Crippen MR) is 161 cm³/mol. The van der Waals surface area contributed by atoms with Crippen LogP contribution in [0.5, 0.6) is 0 Å². The maximum absolute atomic E-state index is 14.1. The molecule has 0 atom stereocenters. The van der Waals surface area contributed by atoms with E-state index in [1.54, 1.807) is 10.6 Å². The molecule has 0 radical (unpaired) electrons. The lowest BCUT2D eigenvalue weighted by Gasteiger charge is -2.36. The fourth-order valence-corrected chi connectivity index (χ4v) is 5.48. The van der Waals surface area contributed by atoms with Crippen LogP contribution in [0.1, 0.15) is 38.9 Å². The third-order valence-corrected chi connectivity index (χ3v) is 7.67. The Balaban J connectivity index is 1.12. The van der Waals surface area contributed by atoms with Crippen molar-refractivity contribution >= 4 is 28.3 Å². The monoisotopic (exact) mass is 577 g/mol. The number of aryl methyl sites for hydroxylation is 2. The van der Waals surface area contributed by atoms with Crippen LogP contribution in [0.4, 0.5) is 10.1 Å². The molecule has 1 amide bonds. The quantitative estimate of drug-likeness (QED) is 0.244. The Kier molecular flexibility index (Phi) is 9.81. The Labute approximate surface area is 245 Å². The fourth-order valence-electron chi connectivity index (χ4n) is 5.48. The molecular weight excluding hydrogens is 537 g/mol. The van der Waals surface area contributed by atoms with E-state index in [2.05, 4.69) is 25.3 Å². The van der Waals surface area contributed by atoms with Gasteiger partial charge in [0.15, 0.2) is 0 Å². The lowest BCUT2D eigenvalue weighted by Crippen LogP contribution is -2.47. The molecule has 1 N–H and O–H groups in total. The number of para-hydroxylation sites is 2. The van der Waals surface area contributed by atoms with Crippen LogP contribution in [0.3, 0.4) is 0 Å². The molecule has 2 aromatic heterocycles. The van der Waals surface area contributed by atoms with Crippen molar-refractivity contribution in [1.82, 2.24) is 29.4 Å². The first kappa shape index (κ1) is 29.7. The van der Waals surface area contributed by atoms with Crippen molar-refractivity contribution in [2.75, 3.05) is 50.8 Å².